The molecule has 0 fully saturated rings. The number of carboxylic acid groups (broad SMARTS) is 1. The number of likely N-dealkylation sites (N-methyl/N-ethyl adjacent to an activating group) is 1. The molecule has 0 aliphatic rings. The molecule has 0 aromatic rings. The Bertz CT molecular complexity index is 170. The summed E-state index contributed by atoms with van der Waals surface area (Å²) in [6.07, 6.45) is 0.576. The normalized spacial score (nSPS) is 15.2. The van der Waals surface area contributed by atoms with E-state index in [9.17, 15) is 4.79 Å². The van der Waals surface area contributed by atoms with Crippen molar-refractivity contribution < 1.29 is 19.4 Å². The molecule has 0 heterocycles. The molecule has 0 saturated heterocycles. The van der Waals surface area contributed by atoms with Crippen LogP contribution in [-0.4, -0.2) is 35.5 Å². The Hall–Kier alpha value is -0.870. The van der Waals surface area contributed by atoms with Crippen LogP contribution in [0.5, 0.6) is 0 Å². The van der Waals surface area contributed by atoms with Crippen molar-refractivity contribution in [2.24, 2.45) is 0 Å². The highest BCUT2D eigenvalue weighted by atomic mass is 16.7. The monoisotopic (exact) mass is 174 g/mol. The third-order valence-electron chi connectivity index (χ3n) is 1.66. The number of nitrogens with zero attached hydrogens (tertiary/aromatic N) is 1. The Morgan fingerprint density at radius 3 is 2.50 bits per heavy atom. The zero-order valence-electron chi connectivity index (χ0n) is 7.62. The summed E-state index contributed by atoms with van der Waals surface area (Å²) in [6.45, 7) is 8.12. The van der Waals surface area contributed by atoms with E-state index in [-0.39, 0.29) is 4.65 Å². The second-order valence-corrected chi connectivity index (χ2v) is 2.38. The average Bonchev–Trinajstić information content (AvgIpc) is 2.03. The van der Waals surface area contributed by atoms with Crippen molar-refractivity contribution in [2.75, 3.05) is 19.7 Å². The molecule has 4 heteroatoms. The first-order valence-electron chi connectivity index (χ1n) is 3.99. The van der Waals surface area contributed by atoms with Crippen molar-refractivity contribution in [3.05, 3.63) is 12.7 Å². The zero-order chi connectivity index (χ0) is 9.61. The Morgan fingerprint density at radius 2 is 2.25 bits per heavy atom. The first-order chi connectivity index (χ1) is 5.63. The molecule has 0 rings (SSSR count). The molecule has 4 nitrogen and oxygen atoms in total. The lowest BCUT2D eigenvalue weighted by Crippen LogP contribution is -2.51. The third kappa shape index (κ3) is 2.32. The summed E-state index contributed by atoms with van der Waals surface area (Å²) >= 11 is 0. The van der Waals surface area contributed by atoms with E-state index in [4.69, 9.17) is 9.94 Å². The fourth-order valence-corrected chi connectivity index (χ4v) is 0.997. The lowest BCUT2D eigenvalue weighted by molar-refractivity contribution is -1.04. The first kappa shape index (κ1) is 11.1. The Morgan fingerprint density at radius 1 is 1.67 bits per heavy atom. The molecule has 70 valence electrons. The average molecular weight is 174 g/mol. The van der Waals surface area contributed by atoms with Crippen LogP contribution in [0.1, 0.15) is 13.8 Å². The molecule has 0 saturated carbocycles. The van der Waals surface area contributed by atoms with Crippen LogP contribution in [0, 0.1) is 0 Å². The van der Waals surface area contributed by atoms with Crippen LogP contribution >= 0.6 is 0 Å². The highest BCUT2D eigenvalue weighted by Crippen LogP contribution is 2.08. The molecule has 0 bridgehead atoms. The Balaban J connectivity index is 4.49. The SMILES string of the molecule is C=CC[N+](CC)(OCC)C(=O)O. The molecule has 1 unspecified atom stereocenters. The van der Waals surface area contributed by atoms with Crippen LogP contribution < -0.4 is 0 Å². The topological polar surface area (TPSA) is 46.5 Å². The van der Waals surface area contributed by atoms with Crippen molar-refractivity contribution in [3.63, 3.8) is 0 Å². The van der Waals surface area contributed by atoms with Gasteiger partial charge in [0.05, 0.1) is 0 Å². The van der Waals surface area contributed by atoms with E-state index in [2.05, 4.69) is 6.58 Å². The van der Waals surface area contributed by atoms with Crippen LogP contribution in [-0.2, 0) is 4.84 Å². The quantitative estimate of drug-likeness (QED) is 0.391. The molecule has 1 N–H and O–H groups in total. The van der Waals surface area contributed by atoms with Gasteiger partial charge in [0, 0.05) is 0 Å². The maximum atomic E-state index is 10.8. The minimum Gasteiger partial charge on any atom is -0.433 e. The maximum Gasteiger partial charge on any atom is 0.547 e. The molecule has 0 spiro atoms. The standard InChI is InChI=1S/C8H15NO3/c1-4-7-9(5-2,8(10)11)12-6-3/h4H,1,5-7H2,2-3H3/p+1. The maximum absolute atomic E-state index is 10.8. The molecule has 1 atom stereocenters. The van der Waals surface area contributed by atoms with E-state index in [0.29, 0.717) is 19.7 Å². The summed E-state index contributed by atoms with van der Waals surface area (Å²) in [4.78, 5) is 16.0. The van der Waals surface area contributed by atoms with Crippen molar-refractivity contribution in [1.82, 2.24) is 0 Å². The molecular weight excluding hydrogens is 158 g/mol. The van der Waals surface area contributed by atoms with Gasteiger partial charge in [-0.1, -0.05) is 11.2 Å². The summed E-state index contributed by atoms with van der Waals surface area (Å²) in [7, 11) is 0. The van der Waals surface area contributed by atoms with Gasteiger partial charge in [-0.05, 0) is 19.9 Å². The number of quaternary nitrogens is 1. The van der Waals surface area contributed by atoms with E-state index < -0.39 is 6.09 Å². The van der Waals surface area contributed by atoms with Gasteiger partial charge in [0.15, 0.2) is 0 Å². The lowest BCUT2D eigenvalue weighted by Gasteiger charge is -2.26. The summed E-state index contributed by atoms with van der Waals surface area (Å²) in [5.41, 5.74) is 0. The first-order valence-corrected chi connectivity index (χ1v) is 3.99. The molecule has 1 amide bonds. The van der Waals surface area contributed by atoms with Crippen LogP contribution in [0.2, 0.25) is 0 Å². The minimum atomic E-state index is -0.973. The summed E-state index contributed by atoms with van der Waals surface area (Å²) in [5, 5.41) is 8.89. The van der Waals surface area contributed by atoms with Crippen molar-refractivity contribution >= 4 is 6.09 Å². The van der Waals surface area contributed by atoms with E-state index >= 15 is 0 Å². The second kappa shape index (κ2) is 4.90. The molecule has 12 heavy (non-hydrogen) atoms. The number of carbonyl (C=O) groups is 1. The van der Waals surface area contributed by atoms with Gasteiger partial charge >= 0.3 is 6.09 Å². The molecule has 0 radical (unpaired) electrons. The fourth-order valence-electron chi connectivity index (χ4n) is 0.997. The summed E-state index contributed by atoms with van der Waals surface area (Å²) in [6, 6.07) is 0. The largest absolute Gasteiger partial charge is 0.547 e. The minimum absolute atomic E-state index is 0.291. The third-order valence-corrected chi connectivity index (χ3v) is 1.66. The molecule has 0 aliphatic carbocycles. The predicted octanol–water partition coefficient (Wildman–Crippen LogP) is 1.64. The van der Waals surface area contributed by atoms with Crippen LogP contribution in [0.25, 0.3) is 0 Å². The van der Waals surface area contributed by atoms with Crippen LogP contribution in [0.3, 0.4) is 0 Å². The molecule has 0 aromatic heterocycles. The lowest BCUT2D eigenvalue weighted by atomic mass is 10.5. The van der Waals surface area contributed by atoms with Gasteiger partial charge in [-0.25, -0.2) is 0 Å². The molecular formula is C8H16NO3+. The number of amides is 1. The second-order valence-electron chi connectivity index (χ2n) is 2.38. The van der Waals surface area contributed by atoms with E-state index in [0.717, 1.165) is 0 Å². The molecule has 0 aliphatic heterocycles. The van der Waals surface area contributed by atoms with Crippen LogP contribution in [0.15, 0.2) is 12.7 Å². The summed E-state index contributed by atoms with van der Waals surface area (Å²) < 4.78 is -0.389. The number of hydrogen-bond acceptors (Lipinski definition) is 2. The highest BCUT2D eigenvalue weighted by molar-refractivity contribution is 5.55. The highest BCUT2D eigenvalue weighted by Gasteiger charge is 2.35. The van der Waals surface area contributed by atoms with Crippen molar-refractivity contribution in [3.8, 4) is 0 Å². The van der Waals surface area contributed by atoms with E-state index in [1.807, 2.05) is 0 Å². The molecule has 0 aromatic carbocycles. The fraction of sp³-hybridized carbons (Fsp3) is 0.625. The van der Waals surface area contributed by atoms with Gasteiger partial charge in [-0.15, -0.1) is 0 Å². The van der Waals surface area contributed by atoms with Gasteiger partial charge in [0.25, 0.3) is 0 Å². The number of hydroxylamine groups is 3. The summed E-state index contributed by atoms with van der Waals surface area (Å²) in [5.74, 6) is 0. The van der Waals surface area contributed by atoms with Gasteiger partial charge in [-0.3, -0.25) is 0 Å². The van der Waals surface area contributed by atoms with Gasteiger partial charge in [0.2, 0.25) is 0 Å². The van der Waals surface area contributed by atoms with Gasteiger partial charge in [0.1, 0.15) is 19.7 Å². The van der Waals surface area contributed by atoms with Crippen LogP contribution in [0.4, 0.5) is 4.79 Å². The Labute approximate surface area is 72.6 Å². The van der Waals surface area contributed by atoms with E-state index in [1.54, 1.807) is 19.9 Å². The zero-order valence-corrected chi connectivity index (χ0v) is 7.62. The Kier molecular flexibility index (Phi) is 4.54. The number of rotatable bonds is 5. The predicted molar refractivity (Wildman–Crippen MR) is 45.5 cm³/mol. The van der Waals surface area contributed by atoms with Crippen molar-refractivity contribution in [1.29, 1.82) is 0 Å². The smallest absolute Gasteiger partial charge is 0.433 e. The number of hydrogen-bond donors (Lipinski definition) is 1. The van der Waals surface area contributed by atoms with Gasteiger partial charge < -0.3 is 5.11 Å². The van der Waals surface area contributed by atoms with E-state index in [1.165, 1.54) is 0 Å². The van der Waals surface area contributed by atoms with Crippen molar-refractivity contribution in [2.45, 2.75) is 13.8 Å². The van der Waals surface area contributed by atoms with Gasteiger partial charge in [-0.2, -0.15) is 9.63 Å².